The Bertz CT molecular complexity index is 1000. The van der Waals surface area contributed by atoms with Crippen molar-refractivity contribution in [2.24, 2.45) is 0 Å². The van der Waals surface area contributed by atoms with Crippen molar-refractivity contribution in [3.8, 4) is 11.1 Å². The molecule has 3 aromatic rings. The van der Waals surface area contributed by atoms with E-state index in [1.54, 1.807) is 0 Å². The number of carbonyl (C=O) groups is 1. The number of thioether (sulfide) groups is 1. The molecule has 0 bridgehead atoms. The molecule has 7 heteroatoms. The minimum absolute atomic E-state index is 0.114. The molecule has 0 spiro atoms. The zero-order valence-corrected chi connectivity index (χ0v) is 17.9. The SMILES string of the molecule is CCOCCCNc1nnc(SCC(=O)c2ccc3c(c2)-c2ccccc2C3)s1. The summed E-state index contributed by atoms with van der Waals surface area (Å²) in [5.41, 5.74) is 5.81. The molecule has 2 aromatic carbocycles. The number of hydrogen-bond donors (Lipinski definition) is 1. The number of Topliss-reactive ketones (excluding diaryl/α,β-unsaturated/α-hetero) is 1. The third-order valence-corrected chi connectivity index (χ3v) is 6.81. The van der Waals surface area contributed by atoms with Gasteiger partial charge in [-0.2, -0.15) is 0 Å². The van der Waals surface area contributed by atoms with Gasteiger partial charge >= 0.3 is 0 Å². The Morgan fingerprint density at radius 1 is 1.17 bits per heavy atom. The van der Waals surface area contributed by atoms with Crippen LogP contribution in [0.15, 0.2) is 46.8 Å². The Hall–Kier alpha value is -2.22. The minimum atomic E-state index is 0.114. The number of carbonyl (C=O) groups excluding carboxylic acids is 1. The Morgan fingerprint density at radius 2 is 2.03 bits per heavy atom. The molecule has 150 valence electrons. The molecule has 1 aliphatic rings. The summed E-state index contributed by atoms with van der Waals surface area (Å²) in [5, 5.41) is 12.3. The van der Waals surface area contributed by atoms with Crippen LogP contribution in [0.1, 0.15) is 34.8 Å². The number of ether oxygens (including phenoxy) is 1. The normalized spacial score (nSPS) is 11.9. The largest absolute Gasteiger partial charge is 0.382 e. The third-order valence-electron chi connectivity index (χ3n) is 4.80. The van der Waals surface area contributed by atoms with Gasteiger partial charge in [0, 0.05) is 25.3 Å². The second kappa shape index (κ2) is 9.52. The molecular formula is C22H23N3O2S2. The van der Waals surface area contributed by atoms with Gasteiger partial charge in [-0.25, -0.2) is 0 Å². The molecule has 0 amide bonds. The van der Waals surface area contributed by atoms with Crippen LogP contribution in [-0.2, 0) is 11.2 Å². The molecule has 1 heterocycles. The maximum atomic E-state index is 12.7. The van der Waals surface area contributed by atoms with Gasteiger partial charge in [0.2, 0.25) is 5.13 Å². The summed E-state index contributed by atoms with van der Waals surface area (Å²) < 4.78 is 6.12. The molecule has 0 saturated carbocycles. The number of nitrogens with one attached hydrogen (secondary N) is 1. The average Bonchev–Trinajstić information content (AvgIpc) is 3.35. The topological polar surface area (TPSA) is 64.1 Å². The molecule has 1 aromatic heterocycles. The van der Waals surface area contributed by atoms with Crippen molar-refractivity contribution in [3.63, 3.8) is 0 Å². The van der Waals surface area contributed by atoms with E-state index in [1.807, 2.05) is 19.1 Å². The molecule has 0 unspecified atom stereocenters. The Balaban J connectivity index is 1.32. The fourth-order valence-corrected chi connectivity index (χ4v) is 5.03. The molecular weight excluding hydrogens is 402 g/mol. The van der Waals surface area contributed by atoms with Crippen LogP contribution in [0.2, 0.25) is 0 Å². The monoisotopic (exact) mass is 425 g/mol. The highest BCUT2D eigenvalue weighted by Crippen LogP contribution is 2.37. The predicted molar refractivity (Wildman–Crippen MR) is 119 cm³/mol. The van der Waals surface area contributed by atoms with Crippen LogP contribution < -0.4 is 5.32 Å². The van der Waals surface area contributed by atoms with E-state index < -0.39 is 0 Å². The number of ketones is 1. The first-order chi connectivity index (χ1) is 14.2. The Labute approximate surface area is 178 Å². The van der Waals surface area contributed by atoms with Gasteiger partial charge in [-0.3, -0.25) is 4.79 Å². The lowest BCUT2D eigenvalue weighted by Crippen LogP contribution is -2.05. The van der Waals surface area contributed by atoms with E-state index >= 15 is 0 Å². The molecule has 1 N–H and O–H groups in total. The summed E-state index contributed by atoms with van der Waals surface area (Å²) >= 11 is 2.92. The van der Waals surface area contributed by atoms with Gasteiger partial charge in [0.15, 0.2) is 10.1 Å². The Morgan fingerprint density at radius 3 is 2.93 bits per heavy atom. The molecule has 5 nitrogen and oxygen atoms in total. The second-order valence-corrected chi connectivity index (χ2v) is 8.97. The number of anilines is 1. The smallest absolute Gasteiger partial charge is 0.206 e. The molecule has 4 rings (SSSR count). The summed E-state index contributed by atoms with van der Waals surface area (Å²) in [7, 11) is 0. The lowest BCUT2D eigenvalue weighted by molar-refractivity contribution is 0.102. The number of nitrogens with zero attached hydrogens (tertiary/aromatic N) is 2. The van der Waals surface area contributed by atoms with Crippen molar-refractivity contribution in [1.82, 2.24) is 10.2 Å². The van der Waals surface area contributed by atoms with E-state index in [4.69, 9.17) is 4.74 Å². The van der Waals surface area contributed by atoms with Crippen molar-refractivity contribution in [2.75, 3.05) is 30.8 Å². The maximum absolute atomic E-state index is 12.7. The highest BCUT2D eigenvalue weighted by molar-refractivity contribution is 8.01. The number of fused-ring (bicyclic) bond motifs is 3. The van der Waals surface area contributed by atoms with Crippen LogP contribution >= 0.6 is 23.1 Å². The van der Waals surface area contributed by atoms with Crippen LogP contribution in [0.25, 0.3) is 11.1 Å². The van der Waals surface area contributed by atoms with E-state index in [0.717, 1.165) is 47.6 Å². The third kappa shape index (κ3) is 4.86. The molecule has 0 aliphatic heterocycles. The van der Waals surface area contributed by atoms with Gasteiger partial charge in [0.05, 0.1) is 5.75 Å². The fourth-order valence-electron chi connectivity index (χ4n) is 3.36. The first-order valence-corrected chi connectivity index (χ1v) is 11.6. The highest BCUT2D eigenvalue weighted by atomic mass is 32.2. The Kier molecular flexibility index (Phi) is 6.59. The van der Waals surface area contributed by atoms with E-state index in [1.165, 1.54) is 45.4 Å². The number of aromatic nitrogens is 2. The van der Waals surface area contributed by atoms with Crippen molar-refractivity contribution >= 4 is 34.0 Å². The quantitative estimate of drug-likeness (QED) is 0.221. The summed E-state index contributed by atoms with van der Waals surface area (Å²) in [6, 6.07) is 14.5. The van der Waals surface area contributed by atoms with Crippen LogP contribution in [-0.4, -0.2) is 41.5 Å². The van der Waals surface area contributed by atoms with Crippen LogP contribution in [0.3, 0.4) is 0 Å². The second-order valence-electron chi connectivity index (χ2n) is 6.77. The van der Waals surface area contributed by atoms with Gasteiger partial charge in [0.1, 0.15) is 0 Å². The molecule has 1 aliphatic carbocycles. The molecule has 0 atom stereocenters. The molecule has 0 fully saturated rings. The summed E-state index contributed by atoms with van der Waals surface area (Å²) in [6.07, 6.45) is 1.87. The number of hydrogen-bond acceptors (Lipinski definition) is 7. The van der Waals surface area contributed by atoms with Crippen LogP contribution in [0, 0.1) is 0 Å². The summed E-state index contributed by atoms with van der Waals surface area (Å²) in [6.45, 7) is 4.27. The highest BCUT2D eigenvalue weighted by Gasteiger charge is 2.19. The fraction of sp³-hybridized carbons (Fsp3) is 0.318. The van der Waals surface area contributed by atoms with Gasteiger partial charge in [0.25, 0.3) is 0 Å². The van der Waals surface area contributed by atoms with Crippen molar-refractivity contribution in [2.45, 2.75) is 24.1 Å². The molecule has 29 heavy (non-hydrogen) atoms. The van der Waals surface area contributed by atoms with Crippen LogP contribution in [0.5, 0.6) is 0 Å². The number of rotatable bonds is 10. The van der Waals surface area contributed by atoms with E-state index in [9.17, 15) is 4.79 Å². The lowest BCUT2D eigenvalue weighted by atomic mass is 10.0. The van der Waals surface area contributed by atoms with Gasteiger partial charge in [-0.1, -0.05) is 59.5 Å². The first-order valence-electron chi connectivity index (χ1n) is 9.77. The first kappa shape index (κ1) is 20.1. The standard InChI is InChI=1S/C22H23N3O2S2/c1-2-27-11-5-10-23-21-24-25-22(29-21)28-14-20(26)17-9-8-16-12-15-6-3-4-7-18(15)19(16)13-17/h3-4,6-9,13H,2,5,10-12,14H2,1H3,(H,23,24). The van der Waals surface area contributed by atoms with Gasteiger partial charge < -0.3 is 10.1 Å². The van der Waals surface area contributed by atoms with Crippen molar-refractivity contribution in [3.05, 3.63) is 59.2 Å². The number of benzene rings is 2. The minimum Gasteiger partial charge on any atom is -0.382 e. The summed E-state index contributed by atoms with van der Waals surface area (Å²) in [5.74, 6) is 0.475. The average molecular weight is 426 g/mol. The van der Waals surface area contributed by atoms with E-state index in [2.05, 4.69) is 45.8 Å². The van der Waals surface area contributed by atoms with Gasteiger partial charge in [-0.15, -0.1) is 10.2 Å². The zero-order valence-electron chi connectivity index (χ0n) is 16.3. The maximum Gasteiger partial charge on any atom is 0.206 e. The lowest BCUT2D eigenvalue weighted by Gasteiger charge is -2.05. The predicted octanol–water partition coefficient (Wildman–Crippen LogP) is 4.92. The van der Waals surface area contributed by atoms with Crippen molar-refractivity contribution in [1.29, 1.82) is 0 Å². The van der Waals surface area contributed by atoms with Crippen LogP contribution in [0.4, 0.5) is 5.13 Å². The van der Waals surface area contributed by atoms with Gasteiger partial charge in [-0.05, 0) is 48.1 Å². The van der Waals surface area contributed by atoms with Crippen molar-refractivity contribution < 1.29 is 9.53 Å². The van der Waals surface area contributed by atoms with E-state index in [0.29, 0.717) is 5.75 Å². The summed E-state index contributed by atoms with van der Waals surface area (Å²) in [4.78, 5) is 12.7. The molecule has 0 saturated heterocycles. The molecule has 0 radical (unpaired) electrons. The van der Waals surface area contributed by atoms with E-state index in [-0.39, 0.29) is 5.78 Å². The zero-order chi connectivity index (χ0) is 20.1.